The normalized spacial score (nSPS) is 27.4. The van der Waals surface area contributed by atoms with Crippen LogP contribution in [0, 0.1) is 5.92 Å². The molecule has 0 bridgehead atoms. The number of hydrogen-bond acceptors (Lipinski definition) is 3. The molecule has 2 rings (SSSR count). The van der Waals surface area contributed by atoms with Gasteiger partial charge in [0.05, 0.1) is 5.92 Å². The number of nitrogens with one attached hydrogen (secondary N) is 2. The summed E-state index contributed by atoms with van der Waals surface area (Å²) < 4.78 is 0. The van der Waals surface area contributed by atoms with Crippen molar-refractivity contribution in [1.82, 2.24) is 15.5 Å². The lowest BCUT2D eigenvalue weighted by atomic mass is 9.97. The zero-order valence-electron chi connectivity index (χ0n) is 11.7. The molecule has 0 aliphatic carbocycles. The SMILES string of the molecule is CC(C)N1CCC(NC(=O)C2CCCNC2)CC1. The fraction of sp³-hybridized carbons (Fsp3) is 0.929. The summed E-state index contributed by atoms with van der Waals surface area (Å²) in [5, 5.41) is 6.55. The van der Waals surface area contributed by atoms with Crippen LogP contribution in [0.3, 0.4) is 0 Å². The molecular formula is C14H27N3O. The number of hydrogen-bond donors (Lipinski definition) is 2. The molecule has 2 N–H and O–H groups in total. The number of nitrogens with zero attached hydrogens (tertiary/aromatic N) is 1. The van der Waals surface area contributed by atoms with Gasteiger partial charge in [0.15, 0.2) is 0 Å². The van der Waals surface area contributed by atoms with Gasteiger partial charge in [-0.1, -0.05) is 0 Å². The average Bonchev–Trinajstić information content (AvgIpc) is 2.40. The maximum absolute atomic E-state index is 12.1. The van der Waals surface area contributed by atoms with Crippen molar-refractivity contribution < 1.29 is 4.79 Å². The fourth-order valence-corrected chi connectivity index (χ4v) is 2.95. The van der Waals surface area contributed by atoms with Gasteiger partial charge in [-0.3, -0.25) is 4.79 Å². The van der Waals surface area contributed by atoms with Crippen LogP contribution >= 0.6 is 0 Å². The molecule has 2 aliphatic rings. The Morgan fingerprint density at radius 2 is 2.00 bits per heavy atom. The molecule has 1 atom stereocenters. The molecule has 1 unspecified atom stereocenters. The Bertz CT molecular complexity index is 266. The summed E-state index contributed by atoms with van der Waals surface area (Å²) in [6, 6.07) is 1.03. The first-order valence-corrected chi connectivity index (χ1v) is 7.42. The highest BCUT2D eigenvalue weighted by atomic mass is 16.2. The Morgan fingerprint density at radius 3 is 2.56 bits per heavy atom. The van der Waals surface area contributed by atoms with Crippen LogP contribution in [0.4, 0.5) is 0 Å². The number of amides is 1. The van der Waals surface area contributed by atoms with Crippen molar-refractivity contribution in [2.45, 2.75) is 51.6 Å². The number of carbonyl (C=O) groups is 1. The molecule has 18 heavy (non-hydrogen) atoms. The zero-order chi connectivity index (χ0) is 13.0. The van der Waals surface area contributed by atoms with E-state index >= 15 is 0 Å². The Hall–Kier alpha value is -0.610. The van der Waals surface area contributed by atoms with E-state index in [1.54, 1.807) is 0 Å². The minimum Gasteiger partial charge on any atom is -0.353 e. The van der Waals surface area contributed by atoms with Crippen LogP contribution in [-0.2, 0) is 4.79 Å². The third-order valence-electron chi connectivity index (χ3n) is 4.27. The maximum Gasteiger partial charge on any atom is 0.224 e. The molecule has 4 heteroatoms. The summed E-state index contributed by atoms with van der Waals surface area (Å²) in [5.74, 6) is 0.465. The van der Waals surface area contributed by atoms with Crippen LogP contribution in [0.15, 0.2) is 0 Å². The van der Waals surface area contributed by atoms with Crippen molar-refractivity contribution in [3.8, 4) is 0 Å². The minimum atomic E-state index is 0.196. The lowest BCUT2D eigenvalue weighted by molar-refractivity contribution is -0.126. The van der Waals surface area contributed by atoms with Gasteiger partial charge in [-0.05, 0) is 46.1 Å². The lowest BCUT2D eigenvalue weighted by Crippen LogP contribution is -2.49. The van der Waals surface area contributed by atoms with E-state index in [0.29, 0.717) is 12.1 Å². The first-order chi connectivity index (χ1) is 8.66. The highest BCUT2D eigenvalue weighted by Crippen LogP contribution is 2.15. The highest BCUT2D eigenvalue weighted by molar-refractivity contribution is 5.79. The minimum absolute atomic E-state index is 0.196. The molecule has 0 saturated carbocycles. The van der Waals surface area contributed by atoms with Crippen molar-refractivity contribution in [2.75, 3.05) is 26.2 Å². The van der Waals surface area contributed by atoms with E-state index in [9.17, 15) is 4.79 Å². The summed E-state index contributed by atoms with van der Waals surface area (Å²) in [7, 11) is 0. The zero-order valence-corrected chi connectivity index (χ0v) is 11.7. The first-order valence-electron chi connectivity index (χ1n) is 7.42. The summed E-state index contributed by atoms with van der Waals surface area (Å²) in [5.41, 5.74) is 0. The largest absolute Gasteiger partial charge is 0.353 e. The second kappa shape index (κ2) is 6.53. The van der Waals surface area contributed by atoms with Gasteiger partial charge in [-0.25, -0.2) is 0 Å². The summed E-state index contributed by atoms with van der Waals surface area (Å²) in [6.07, 6.45) is 4.38. The van der Waals surface area contributed by atoms with Crippen molar-refractivity contribution in [2.24, 2.45) is 5.92 Å². The lowest BCUT2D eigenvalue weighted by Gasteiger charge is -2.35. The van der Waals surface area contributed by atoms with Crippen molar-refractivity contribution in [3.05, 3.63) is 0 Å². The second-order valence-electron chi connectivity index (χ2n) is 5.96. The summed E-state index contributed by atoms with van der Waals surface area (Å²) >= 11 is 0. The van der Waals surface area contributed by atoms with E-state index in [1.165, 1.54) is 0 Å². The third kappa shape index (κ3) is 3.69. The first kappa shape index (κ1) is 13.8. The summed E-state index contributed by atoms with van der Waals surface area (Å²) in [4.78, 5) is 14.6. The van der Waals surface area contributed by atoms with Gasteiger partial charge in [-0.15, -0.1) is 0 Å². The van der Waals surface area contributed by atoms with Gasteiger partial charge >= 0.3 is 0 Å². The summed E-state index contributed by atoms with van der Waals surface area (Å²) in [6.45, 7) is 8.64. The topological polar surface area (TPSA) is 44.4 Å². The molecule has 0 radical (unpaired) electrons. The van der Waals surface area contributed by atoms with Crippen molar-refractivity contribution >= 4 is 5.91 Å². The molecule has 0 aromatic rings. The Kier molecular flexibility index (Phi) is 5.01. The van der Waals surface area contributed by atoms with E-state index in [4.69, 9.17) is 0 Å². The number of rotatable bonds is 3. The smallest absolute Gasteiger partial charge is 0.224 e. The van der Waals surface area contributed by atoms with Crippen LogP contribution in [0.1, 0.15) is 39.5 Å². The molecule has 0 spiro atoms. The second-order valence-corrected chi connectivity index (χ2v) is 5.96. The van der Waals surface area contributed by atoms with Crippen molar-refractivity contribution in [1.29, 1.82) is 0 Å². The predicted octanol–water partition coefficient (Wildman–Crippen LogP) is 0.975. The Balaban J connectivity index is 1.72. The van der Waals surface area contributed by atoms with Gasteiger partial charge < -0.3 is 15.5 Å². The van der Waals surface area contributed by atoms with Gasteiger partial charge in [0.1, 0.15) is 0 Å². The van der Waals surface area contributed by atoms with Gasteiger partial charge in [0.2, 0.25) is 5.91 Å². The van der Waals surface area contributed by atoms with Gasteiger partial charge in [0, 0.05) is 31.7 Å². The van der Waals surface area contributed by atoms with Crippen molar-refractivity contribution in [3.63, 3.8) is 0 Å². The van der Waals surface area contributed by atoms with Crippen LogP contribution < -0.4 is 10.6 Å². The molecule has 2 heterocycles. The molecule has 104 valence electrons. The van der Waals surface area contributed by atoms with E-state index in [1.807, 2.05) is 0 Å². The molecule has 1 amide bonds. The van der Waals surface area contributed by atoms with Gasteiger partial charge in [-0.2, -0.15) is 0 Å². The molecule has 4 nitrogen and oxygen atoms in total. The monoisotopic (exact) mass is 253 g/mol. The Labute approximate surface area is 110 Å². The van der Waals surface area contributed by atoms with Crippen LogP contribution in [0.25, 0.3) is 0 Å². The molecular weight excluding hydrogens is 226 g/mol. The fourth-order valence-electron chi connectivity index (χ4n) is 2.95. The molecule has 0 aromatic heterocycles. The van der Waals surface area contributed by atoms with Crippen LogP contribution in [0.2, 0.25) is 0 Å². The average molecular weight is 253 g/mol. The highest BCUT2D eigenvalue weighted by Gasteiger charge is 2.26. The molecule has 2 fully saturated rings. The van der Waals surface area contributed by atoms with E-state index < -0.39 is 0 Å². The standard InChI is InChI=1S/C14H27N3O/c1-11(2)17-8-5-13(6-9-17)16-14(18)12-4-3-7-15-10-12/h11-13,15H,3-10H2,1-2H3,(H,16,18). The maximum atomic E-state index is 12.1. The van der Waals surface area contributed by atoms with Crippen LogP contribution in [0.5, 0.6) is 0 Å². The Morgan fingerprint density at radius 1 is 1.28 bits per heavy atom. The van der Waals surface area contributed by atoms with Crippen LogP contribution in [-0.4, -0.2) is 49.1 Å². The number of piperidine rings is 2. The van der Waals surface area contributed by atoms with Gasteiger partial charge in [0.25, 0.3) is 0 Å². The van der Waals surface area contributed by atoms with E-state index in [0.717, 1.165) is 51.9 Å². The van der Waals surface area contributed by atoms with E-state index in [-0.39, 0.29) is 11.8 Å². The van der Waals surface area contributed by atoms with E-state index in [2.05, 4.69) is 29.4 Å². The molecule has 2 saturated heterocycles. The number of carbonyl (C=O) groups excluding carboxylic acids is 1. The quantitative estimate of drug-likeness (QED) is 0.788. The predicted molar refractivity (Wildman–Crippen MR) is 73.5 cm³/mol. The molecule has 0 aromatic carbocycles. The third-order valence-corrected chi connectivity index (χ3v) is 4.27. The number of likely N-dealkylation sites (tertiary alicyclic amines) is 1. The molecule has 2 aliphatic heterocycles.